The molecule has 0 heteroatoms. The molecule has 0 spiro atoms. The molecule has 0 saturated carbocycles. The molecule has 0 aliphatic heterocycles. The van der Waals surface area contributed by atoms with Gasteiger partial charge >= 0.3 is 0 Å². The van der Waals surface area contributed by atoms with Crippen molar-refractivity contribution in [3.8, 4) is 0 Å². The Morgan fingerprint density at radius 3 is 1.92 bits per heavy atom. The summed E-state index contributed by atoms with van der Waals surface area (Å²) >= 11 is 0. The molecule has 0 N–H and O–H groups in total. The van der Waals surface area contributed by atoms with Gasteiger partial charge < -0.3 is 0 Å². The lowest BCUT2D eigenvalue weighted by molar-refractivity contribution is 0.383. The van der Waals surface area contributed by atoms with Gasteiger partial charge in [0.05, 0.1) is 0 Å². The van der Waals surface area contributed by atoms with Crippen molar-refractivity contribution in [3.63, 3.8) is 0 Å². The van der Waals surface area contributed by atoms with Gasteiger partial charge in [0.2, 0.25) is 0 Å². The number of hydrogen-bond donors (Lipinski definition) is 0. The average molecular weight is 183 g/mol. The fraction of sp³-hybridized carbons (Fsp3) is 0.923. The van der Waals surface area contributed by atoms with Gasteiger partial charge in [0.1, 0.15) is 0 Å². The van der Waals surface area contributed by atoms with Crippen LogP contribution in [0.3, 0.4) is 0 Å². The highest BCUT2D eigenvalue weighted by Crippen LogP contribution is 2.19. The Morgan fingerprint density at radius 2 is 1.46 bits per heavy atom. The second-order valence-electron chi connectivity index (χ2n) is 5.06. The summed E-state index contributed by atoms with van der Waals surface area (Å²) in [6.07, 6.45) is 6.65. The summed E-state index contributed by atoms with van der Waals surface area (Å²) < 4.78 is 0. The van der Waals surface area contributed by atoms with Crippen LogP contribution in [0, 0.1) is 24.7 Å². The molecule has 0 heterocycles. The molecular weight excluding hydrogens is 156 g/mol. The number of rotatable bonds is 7. The lowest BCUT2D eigenvalue weighted by Gasteiger charge is -2.14. The Kier molecular flexibility index (Phi) is 7.41. The highest BCUT2D eigenvalue weighted by atomic mass is 14.1. The molecule has 0 aromatic heterocycles. The zero-order chi connectivity index (χ0) is 10.3. The zero-order valence-corrected chi connectivity index (χ0v) is 9.97. The third-order valence-electron chi connectivity index (χ3n) is 2.76. The smallest absolute Gasteiger partial charge is 0.0440 e. The maximum Gasteiger partial charge on any atom is -0.0440 e. The van der Waals surface area contributed by atoms with Crippen molar-refractivity contribution < 1.29 is 0 Å². The van der Waals surface area contributed by atoms with E-state index in [1.807, 2.05) is 0 Å². The van der Waals surface area contributed by atoms with Crippen molar-refractivity contribution in [2.45, 2.75) is 59.8 Å². The molecule has 0 fully saturated rings. The average Bonchev–Trinajstić information content (AvgIpc) is 2.02. The van der Waals surface area contributed by atoms with E-state index in [2.05, 4.69) is 34.6 Å². The standard InChI is InChI=1S/C13H27/c1-6-12(4)8-7-9-13(5)10-11(2)3/h11-13H,1,6-10H2,2-5H3. The zero-order valence-electron chi connectivity index (χ0n) is 9.97. The van der Waals surface area contributed by atoms with E-state index in [-0.39, 0.29) is 0 Å². The normalized spacial score (nSPS) is 16.2. The summed E-state index contributed by atoms with van der Waals surface area (Å²) in [5.74, 6) is 2.60. The third-order valence-corrected chi connectivity index (χ3v) is 2.76. The molecule has 13 heavy (non-hydrogen) atoms. The molecule has 0 amide bonds. The van der Waals surface area contributed by atoms with Crippen LogP contribution < -0.4 is 0 Å². The molecule has 0 rings (SSSR count). The van der Waals surface area contributed by atoms with Crippen LogP contribution in [0.2, 0.25) is 0 Å². The van der Waals surface area contributed by atoms with E-state index in [4.69, 9.17) is 0 Å². The van der Waals surface area contributed by atoms with E-state index in [9.17, 15) is 0 Å². The fourth-order valence-electron chi connectivity index (χ4n) is 1.88. The van der Waals surface area contributed by atoms with E-state index in [1.54, 1.807) is 0 Å². The first-order chi connectivity index (χ1) is 6.06. The summed E-state index contributed by atoms with van der Waals surface area (Å²) in [5.41, 5.74) is 0. The monoisotopic (exact) mass is 183 g/mol. The molecule has 0 aromatic rings. The van der Waals surface area contributed by atoms with Crippen LogP contribution >= 0.6 is 0 Å². The molecule has 0 saturated heterocycles. The third kappa shape index (κ3) is 8.33. The van der Waals surface area contributed by atoms with Crippen molar-refractivity contribution in [2.24, 2.45) is 17.8 Å². The lowest BCUT2D eigenvalue weighted by atomic mass is 9.92. The summed E-state index contributed by atoms with van der Waals surface area (Å²) in [6, 6.07) is 0. The maximum atomic E-state index is 3.93. The molecule has 0 nitrogen and oxygen atoms in total. The summed E-state index contributed by atoms with van der Waals surface area (Å²) in [4.78, 5) is 0. The predicted octanol–water partition coefficient (Wildman–Crippen LogP) is 4.70. The Hall–Kier alpha value is 0. The summed E-state index contributed by atoms with van der Waals surface area (Å²) in [5, 5.41) is 0. The Balaban J connectivity index is 3.31. The van der Waals surface area contributed by atoms with Gasteiger partial charge in [-0.1, -0.05) is 60.3 Å². The van der Waals surface area contributed by atoms with Crippen molar-refractivity contribution >= 4 is 0 Å². The minimum atomic E-state index is 0.825. The SMILES string of the molecule is [CH2]CC(C)CCCC(C)CC(C)C. The second kappa shape index (κ2) is 7.41. The van der Waals surface area contributed by atoms with Crippen molar-refractivity contribution in [3.05, 3.63) is 6.92 Å². The van der Waals surface area contributed by atoms with Gasteiger partial charge in [-0.05, 0) is 24.2 Å². The predicted molar refractivity (Wildman–Crippen MR) is 61.6 cm³/mol. The highest BCUT2D eigenvalue weighted by molar-refractivity contribution is 4.59. The molecule has 1 radical (unpaired) electrons. The quantitative estimate of drug-likeness (QED) is 0.536. The van der Waals surface area contributed by atoms with Crippen LogP contribution in [0.1, 0.15) is 59.8 Å². The van der Waals surface area contributed by atoms with Gasteiger partial charge in [0, 0.05) is 0 Å². The molecule has 0 aliphatic carbocycles. The van der Waals surface area contributed by atoms with Gasteiger partial charge in [0.15, 0.2) is 0 Å². The highest BCUT2D eigenvalue weighted by Gasteiger charge is 2.05. The van der Waals surface area contributed by atoms with Crippen LogP contribution in [-0.2, 0) is 0 Å². The van der Waals surface area contributed by atoms with E-state index < -0.39 is 0 Å². The topological polar surface area (TPSA) is 0 Å². The first-order valence-corrected chi connectivity index (χ1v) is 5.85. The summed E-state index contributed by atoms with van der Waals surface area (Å²) in [7, 11) is 0. The Bertz CT molecular complexity index is 105. The van der Waals surface area contributed by atoms with Crippen LogP contribution in [0.5, 0.6) is 0 Å². The molecule has 0 aliphatic rings. The first-order valence-electron chi connectivity index (χ1n) is 5.85. The van der Waals surface area contributed by atoms with Gasteiger partial charge in [-0.25, -0.2) is 0 Å². The minimum absolute atomic E-state index is 0.825. The Labute approximate surface area is 85.1 Å². The maximum absolute atomic E-state index is 3.93. The van der Waals surface area contributed by atoms with E-state index >= 15 is 0 Å². The van der Waals surface area contributed by atoms with Gasteiger partial charge in [-0.2, -0.15) is 0 Å². The molecular formula is C13H27. The van der Waals surface area contributed by atoms with Crippen molar-refractivity contribution in [1.29, 1.82) is 0 Å². The second-order valence-corrected chi connectivity index (χ2v) is 5.06. The minimum Gasteiger partial charge on any atom is -0.0628 e. The largest absolute Gasteiger partial charge is 0.0628 e. The van der Waals surface area contributed by atoms with Crippen LogP contribution in [-0.4, -0.2) is 0 Å². The van der Waals surface area contributed by atoms with E-state index in [1.165, 1.54) is 25.7 Å². The van der Waals surface area contributed by atoms with E-state index in [0.717, 1.165) is 24.2 Å². The van der Waals surface area contributed by atoms with Crippen molar-refractivity contribution in [2.75, 3.05) is 0 Å². The van der Waals surface area contributed by atoms with Gasteiger partial charge in [-0.3, -0.25) is 0 Å². The molecule has 0 bridgehead atoms. The Morgan fingerprint density at radius 1 is 0.923 bits per heavy atom. The summed E-state index contributed by atoms with van der Waals surface area (Å²) in [6.45, 7) is 13.3. The lowest BCUT2D eigenvalue weighted by Crippen LogP contribution is -2.01. The molecule has 0 aromatic carbocycles. The molecule has 2 atom stereocenters. The van der Waals surface area contributed by atoms with Gasteiger partial charge in [0.25, 0.3) is 0 Å². The van der Waals surface area contributed by atoms with Crippen LogP contribution in [0.4, 0.5) is 0 Å². The van der Waals surface area contributed by atoms with E-state index in [0.29, 0.717) is 0 Å². The van der Waals surface area contributed by atoms with Gasteiger partial charge in [-0.15, -0.1) is 0 Å². The van der Waals surface area contributed by atoms with Crippen LogP contribution in [0.15, 0.2) is 0 Å². The first kappa shape index (κ1) is 13.0. The number of hydrogen-bond acceptors (Lipinski definition) is 0. The fourth-order valence-corrected chi connectivity index (χ4v) is 1.88. The van der Waals surface area contributed by atoms with Crippen LogP contribution in [0.25, 0.3) is 0 Å². The molecule has 79 valence electrons. The molecule has 2 unspecified atom stereocenters. The van der Waals surface area contributed by atoms with Crippen molar-refractivity contribution in [1.82, 2.24) is 0 Å².